The topological polar surface area (TPSA) is 51.1 Å². The van der Waals surface area contributed by atoms with Gasteiger partial charge >= 0.3 is 0 Å². The predicted octanol–water partition coefficient (Wildman–Crippen LogP) is 5.41. The lowest BCUT2D eigenvalue weighted by Crippen LogP contribution is -2.34. The van der Waals surface area contributed by atoms with Crippen molar-refractivity contribution < 1.29 is 4.79 Å². The molecule has 1 N–H and O–H groups in total. The van der Waals surface area contributed by atoms with Crippen LogP contribution in [0, 0.1) is 0 Å². The van der Waals surface area contributed by atoms with Gasteiger partial charge in [0.25, 0.3) is 11.5 Å². The van der Waals surface area contributed by atoms with Crippen LogP contribution in [-0.4, -0.2) is 17.0 Å². The SMILES string of the molecule is CCCCn1cc(-c2cccc(C(C)C)c2)cc(C(=O)NCCc2ccccc2)c1=O. The van der Waals surface area contributed by atoms with E-state index in [0.29, 0.717) is 19.0 Å². The predicted molar refractivity (Wildman–Crippen MR) is 128 cm³/mol. The lowest BCUT2D eigenvalue weighted by molar-refractivity contribution is 0.0952. The molecule has 162 valence electrons. The van der Waals surface area contributed by atoms with Crippen molar-refractivity contribution in [2.45, 2.75) is 52.5 Å². The molecule has 0 bridgehead atoms. The number of aromatic nitrogens is 1. The van der Waals surface area contributed by atoms with Gasteiger partial charge in [-0.2, -0.15) is 0 Å². The number of unbranched alkanes of at least 4 members (excludes halogenated alkanes) is 1. The van der Waals surface area contributed by atoms with Crippen LogP contribution in [0.15, 0.2) is 71.7 Å². The number of benzene rings is 2. The van der Waals surface area contributed by atoms with Gasteiger partial charge in [0.05, 0.1) is 0 Å². The van der Waals surface area contributed by atoms with E-state index in [1.165, 1.54) is 5.56 Å². The molecule has 0 radical (unpaired) electrons. The summed E-state index contributed by atoms with van der Waals surface area (Å²) in [5, 5.41) is 2.93. The minimum atomic E-state index is -0.312. The van der Waals surface area contributed by atoms with Crippen LogP contribution < -0.4 is 10.9 Å². The highest BCUT2D eigenvalue weighted by Gasteiger charge is 2.15. The number of hydrogen-bond acceptors (Lipinski definition) is 2. The van der Waals surface area contributed by atoms with Crippen molar-refractivity contribution in [1.82, 2.24) is 9.88 Å². The zero-order valence-electron chi connectivity index (χ0n) is 18.7. The number of carbonyl (C=O) groups excluding carboxylic acids is 1. The fourth-order valence-electron chi connectivity index (χ4n) is 3.59. The van der Waals surface area contributed by atoms with Crippen LogP contribution in [0.25, 0.3) is 11.1 Å². The first-order valence-corrected chi connectivity index (χ1v) is 11.2. The number of aryl methyl sites for hydroxylation is 1. The molecule has 1 aromatic heterocycles. The zero-order chi connectivity index (χ0) is 22.2. The molecule has 3 rings (SSSR count). The minimum Gasteiger partial charge on any atom is -0.352 e. The molecule has 31 heavy (non-hydrogen) atoms. The molecule has 0 spiro atoms. The first-order chi connectivity index (χ1) is 15.0. The molecule has 0 unspecified atom stereocenters. The maximum atomic E-state index is 13.0. The Morgan fingerprint density at radius 1 is 1.00 bits per heavy atom. The third-order valence-electron chi connectivity index (χ3n) is 5.51. The summed E-state index contributed by atoms with van der Waals surface area (Å²) in [5.74, 6) is 0.0970. The first kappa shape index (κ1) is 22.5. The molecule has 0 aliphatic rings. The van der Waals surface area contributed by atoms with Crippen LogP contribution in [0.4, 0.5) is 0 Å². The summed E-state index contributed by atoms with van der Waals surface area (Å²) in [6.07, 6.45) is 4.49. The Hall–Kier alpha value is -3.14. The fraction of sp³-hybridized carbons (Fsp3) is 0.333. The standard InChI is InChI=1S/C27H32N2O2/c1-4-5-16-29-19-24(23-13-9-12-22(17-23)20(2)3)18-25(27(29)31)26(30)28-15-14-21-10-7-6-8-11-21/h6-13,17-20H,4-5,14-16H2,1-3H3,(H,28,30). The van der Waals surface area contributed by atoms with Crippen molar-refractivity contribution in [3.05, 3.63) is 93.9 Å². The summed E-state index contributed by atoms with van der Waals surface area (Å²) >= 11 is 0. The molecule has 1 amide bonds. The Bertz CT molecular complexity index is 1070. The summed E-state index contributed by atoms with van der Waals surface area (Å²) in [6, 6.07) is 20.1. The highest BCUT2D eigenvalue weighted by Crippen LogP contribution is 2.24. The van der Waals surface area contributed by atoms with Gasteiger partial charge in [-0.15, -0.1) is 0 Å². The van der Waals surface area contributed by atoms with Gasteiger partial charge in [0.2, 0.25) is 0 Å². The summed E-state index contributed by atoms with van der Waals surface area (Å²) in [6.45, 7) is 7.51. The second-order valence-electron chi connectivity index (χ2n) is 8.27. The van der Waals surface area contributed by atoms with Crippen molar-refractivity contribution in [3.63, 3.8) is 0 Å². The molecule has 1 heterocycles. The van der Waals surface area contributed by atoms with Gasteiger partial charge in [-0.1, -0.05) is 81.8 Å². The van der Waals surface area contributed by atoms with E-state index in [9.17, 15) is 9.59 Å². The average Bonchev–Trinajstić information content (AvgIpc) is 2.79. The largest absolute Gasteiger partial charge is 0.352 e. The van der Waals surface area contributed by atoms with Gasteiger partial charge in [0, 0.05) is 19.3 Å². The fourth-order valence-corrected chi connectivity index (χ4v) is 3.59. The van der Waals surface area contributed by atoms with E-state index in [-0.39, 0.29) is 17.0 Å². The van der Waals surface area contributed by atoms with Crippen LogP contribution in [0.1, 0.15) is 61.0 Å². The second kappa shape index (κ2) is 10.8. The molecule has 0 atom stereocenters. The number of nitrogens with zero attached hydrogens (tertiary/aromatic N) is 1. The van der Waals surface area contributed by atoms with Gasteiger partial charge in [-0.05, 0) is 47.1 Å². The average molecular weight is 417 g/mol. The molecule has 4 nitrogen and oxygen atoms in total. The van der Waals surface area contributed by atoms with Gasteiger partial charge in [0.15, 0.2) is 0 Å². The molecule has 4 heteroatoms. The van der Waals surface area contributed by atoms with Gasteiger partial charge in [0.1, 0.15) is 5.56 Å². The lowest BCUT2D eigenvalue weighted by atomic mass is 9.97. The Labute approximate surface area is 184 Å². The van der Waals surface area contributed by atoms with Crippen LogP contribution in [0.5, 0.6) is 0 Å². The molecular weight excluding hydrogens is 384 g/mol. The maximum Gasteiger partial charge on any atom is 0.263 e. The number of nitrogens with one attached hydrogen (secondary N) is 1. The third-order valence-corrected chi connectivity index (χ3v) is 5.51. The van der Waals surface area contributed by atoms with Crippen molar-refractivity contribution >= 4 is 5.91 Å². The van der Waals surface area contributed by atoms with Crippen LogP contribution >= 0.6 is 0 Å². The number of hydrogen-bond donors (Lipinski definition) is 1. The highest BCUT2D eigenvalue weighted by molar-refractivity contribution is 5.95. The van der Waals surface area contributed by atoms with Crippen LogP contribution in [-0.2, 0) is 13.0 Å². The van der Waals surface area contributed by atoms with Crippen LogP contribution in [0.2, 0.25) is 0 Å². The highest BCUT2D eigenvalue weighted by atomic mass is 16.2. The van der Waals surface area contributed by atoms with Gasteiger partial charge in [-0.3, -0.25) is 9.59 Å². The smallest absolute Gasteiger partial charge is 0.263 e. The van der Waals surface area contributed by atoms with E-state index in [1.807, 2.05) is 48.7 Å². The van der Waals surface area contributed by atoms with E-state index < -0.39 is 0 Å². The Morgan fingerprint density at radius 2 is 1.77 bits per heavy atom. The molecule has 2 aromatic carbocycles. The summed E-state index contributed by atoms with van der Waals surface area (Å²) < 4.78 is 1.69. The maximum absolute atomic E-state index is 13.0. The molecule has 0 fully saturated rings. The Kier molecular flexibility index (Phi) is 7.82. The normalized spacial score (nSPS) is 11.0. The minimum absolute atomic E-state index is 0.205. The molecular formula is C27H32N2O2. The number of pyridine rings is 1. The molecule has 0 saturated heterocycles. The number of rotatable bonds is 9. The van der Waals surface area contributed by atoms with Gasteiger partial charge < -0.3 is 9.88 Å². The van der Waals surface area contributed by atoms with E-state index in [1.54, 1.807) is 10.6 Å². The molecule has 0 aliphatic heterocycles. The zero-order valence-corrected chi connectivity index (χ0v) is 18.7. The monoisotopic (exact) mass is 416 g/mol. The number of amides is 1. The lowest BCUT2D eigenvalue weighted by Gasteiger charge is -2.14. The second-order valence-corrected chi connectivity index (χ2v) is 8.27. The van der Waals surface area contributed by atoms with E-state index in [4.69, 9.17) is 0 Å². The van der Waals surface area contributed by atoms with Crippen molar-refractivity contribution in [1.29, 1.82) is 0 Å². The molecule has 0 saturated carbocycles. The van der Waals surface area contributed by atoms with Gasteiger partial charge in [-0.25, -0.2) is 0 Å². The summed E-state index contributed by atoms with van der Waals surface area (Å²) in [7, 11) is 0. The summed E-state index contributed by atoms with van der Waals surface area (Å²) in [4.78, 5) is 25.9. The molecule has 3 aromatic rings. The van der Waals surface area contributed by atoms with Crippen molar-refractivity contribution in [2.24, 2.45) is 0 Å². The van der Waals surface area contributed by atoms with Crippen molar-refractivity contribution in [2.75, 3.05) is 6.54 Å². The van der Waals surface area contributed by atoms with Crippen molar-refractivity contribution in [3.8, 4) is 11.1 Å². The Balaban J connectivity index is 1.89. The van der Waals surface area contributed by atoms with E-state index in [0.717, 1.165) is 36.0 Å². The first-order valence-electron chi connectivity index (χ1n) is 11.2. The molecule has 0 aliphatic carbocycles. The quantitative estimate of drug-likeness (QED) is 0.507. The third kappa shape index (κ3) is 5.94. The van der Waals surface area contributed by atoms with E-state index >= 15 is 0 Å². The Morgan fingerprint density at radius 3 is 2.48 bits per heavy atom. The van der Waals surface area contributed by atoms with Crippen LogP contribution in [0.3, 0.4) is 0 Å². The number of carbonyl (C=O) groups is 1. The summed E-state index contributed by atoms with van der Waals surface area (Å²) in [5.41, 5.74) is 4.28. The van der Waals surface area contributed by atoms with E-state index in [2.05, 4.69) is 38.2 Å².